The fourth-order valence-corrected chi connectivity index (χ4v) is 3.16. The van der Waals surface area contributed by atoms with Gasteiger partial charge in [0.05, 0.1) is 0 Å². The van der Waals surface area contributed by atoms with Gasteiger partial charge in [-0.2, -0.15) is 0 Å². The molecule has 2 heteroatoms. The molecule has 0 bridgehead atoms. The molecule has 0 saturated heterocycles. The van der Waals surface area contributed by atoms with Crippen molar-refractivity contribution in [3.05, 3.63) is 47.4 Å². The van der Waals surface area contributed by atoms with Crippen molar-refractivity contribution in [2.75, 3.05) is 6.54 Å². The first kappa shape index (κ1) is 14.3. The summed E-state index contributed by atoms with van der Waals surface area (Å²) >= 11 is 1.83. The Labute approximate surface area is 120 Å². The number of nitrogens with one attached hydrogen (secondary N) is 1. The average molecular weight is 273 g/mol. The van der Waals surface area contributed by atoms with Crippen LogP contribution >= 0.6 is 11.3 Å². The highest BCUT2D eigenvalue weighted by Gasteiger charge is 2.10. The minimum absolute atomic E-state index is 0.264. The molecule has 0 saturated carbocycles. The van der Waals surface area contributed by atoms with Crippen LogP contribution in [0.5, 0.6) is 0 Å². The molecule has 0 aliphatic carbocycles. The van der Waals surface area contributed by atoms with Gasteiger partial charge in [-0.3, -0.25) is 0 Å². The molecule has 1 aromatic carbocycles. The van der Waals surface area contributed by atoms with Crippen molar-refractivity contribution < 1.29 is 0 Å². The van der Waals surface area contributed by atoms with Crippen LogP contribution in [-0.4, -0.2) is 6.54 Å². The van der Waals surface area contributed by atoms with E-state index >= 15 is 0 Å². The van der Waals surface area contributed by atoms with E-state index in [4.69, 9.17) is 0 Å². The maximum absolute atomic E-state index is 3.57. The van der Waals surface area contributed by atoms with E-state index < -0.39 is 0 Å². The number of allylic oxidation sites excluding steroid dienone is 1. The summed E-state index contributed by atoms with van der Waals surface area (Å²) in [6.07, 6.45) is 4.49. The molecule has 1 nitrogen and oxygen atoms in total. The first-order valence-corrected chi connectivity index (χ1v) is 7.72. The van der Waals surface area contributed by atoms with Crippen molar-refractivity contribution in [2.24, 2.45) is 5.41 Å². The van der Waals surface area contributed by atoms with E-state index in [9.17, 15) is 0 Å². The quantitative estimate of drug-likeness (QED) is 0.759. The zero-order chi connectivity index (χ0) is 13.9. The SMILES string of the molecule is C[C@@H](NC/C=C\C(C)(C)C)c1csc2ccccc12. The lowest BCUT2D eigenvalue weighted by atomic mass is 9.96. The van der Waals surface area contributed by atoms with E-state index in [1.807, 2.05) is 11.3 Å². The first-order chi connectivity index (χ1) is 8.97. The van der Waals surface area contributed by atoms with Crippen LogP contribution < -0.4 is 5.32 Å². The Morgan fingerprint density at radius 2 is 2.00 bits per heavy atom. The maximum Gasteiger partial charge on any atom is 0.0346 e. The number of benzene rings is 1. The van der Waals surface area contributed by atoms with E-state index in [0.717, 1.165) is 6.54 Å². The first-order valence-electron chi connectivity index (χ1n) is 6.84. The Hall–Kier alpha value is -1.12. The molecule has 19 heavy (non-hydrogen) atoms. The molecule has 0 aliphatic heterocycles. The van der Waals surface area contributed by atoms with E-state index in [1.54, 1.807) is 0 Å². The summed E-state index contributed by atoms with van der Waals surface area (Å²) in [5.74, 6) is 0. The van der Waals surface area contributed by atoms with Crippen LogP contribution in [-0.2, 0) is 0 Å². The van der Waals surface area contributed by atoms with Crippen LogP contribution in [0.3, 0.4) is 0 Å². The van der Waals surface area contributed by atoms with Gasteiger partial charge >= 0.3 is 0 Å². The molecule has 102 valence electrons. The molecular weight excluding hydrogens is 250 g/mol. The second-order valence-electron chi connectivity index (χ2n) is 6.09. The fraction of sp³-hybridized carbons (Fsp3) is 0.412. The van der Waals surface area contributed by atoms with E-state index in [1.165, 1.54) is 15.6 Å². The van der Waals surface area contributed by atoms with Gasteiger partial charge in [0, 0.05) is 17.3 Å². The lowest BCUT2D eigenvalue weighted by Crippen LogP contribution is -2.18. The van der Waals surface area contributed by atoms with Crippen LogP contribution in [0.15, 0.2) is 41.8 Å². The van der Waals surface area contributed by atoms with E-state index in [0.29, 0.717) is 6.04 Å². The molecule has 0 fully saturated rings. The van der Waals surface area contributed by atoms with E-state index in [2.05, 4.69) is 74.8 Å². The molecule has 0 aliphatic rings. The lowest BCUT2D eigenvalue weighted by molar-refractivity contribution is 0.539. The largest absolute Gasteiger partial charge is 0.307 e. The average Bonchev–Trinajstić information content (AvgIpc) is 2.77. The lowest BCUT2D eigenvalue weighted by Gasteiger charge is -2.14. The molecule has 0 spiro atoms. The van der Waals surface area contributed by atoms with Crippen LogP contribution in [0.25, 0.3) is 10.1 Å². The molecule has 2 rings (SSSR count). The summed E-state index contributed by atoms with van der Waals surface area (Å²) in [6, 6.07) is 9.01. The van der Waals surface area contributed by atoms with Crippen molar-refractivity contribution in [2.45, 2.75) is 33.7 Å². The van der Waals surface area contributed by atoms with Gasteiger partial charge in [-0.05, 0) is 34.7 Å². The Balaban J connectivity index is 2.00. The summed E-state index contributed by atoms with van der Waals surface area (Å²) < 4.78 is 1.37. The minimum atomic E-state index is 0.264. The van der Waals surface area contributed by atoms with Crippen molar-refractivity contribution >= 4 is 21.4 Å². The van der Waals surface area contributed by atoms with Gasteiger partial charge in [-0.25, -0.2) is 0 Å². The van der Waals surface area contributed by atoms with Gasteiger partial charge < -0.3 is 5.32 Å². The summed E-state index contributed by atoms with van der Waals surface area (Å²) in [5.41, 5.74) is 1.67. The second kappa shape index (κ2) is 5.89. The molecule has 1 N–H and O–H groups in total. The Bertz CT molecular complexity index is 560. The number of fused-ring (bicyclic) bond motifs is 1. The predicted octanol–water partition coefficient (Wildman–Crippen LogP) is 5.15. The number of thiophene rings is 1. The molecule has 1 heterocycles. The third-order valence-electron chi connectivity index (χ3n) is 3.14. The van der Waals surface area contributed by atoms with Gasteiger partial charge in [0.25, 0.3) is 0 Å². The predicted molar refractivity (Wildman–Crippen MR) is 86.8 cm³/mol. The van der Waals surface area contributed by atoms with Crippen molar-refractivity contribution in [1.29, 1.82) is 0 Å². The third kappa shape index (κ3) is 3.92. The molecule has 2 aromatic rings. The van der Waals surface area contributed by atoms with Crippen LogP contribution in [0.2, 0.25) is 0 Å². The second-order valence-corrected chi connectivity index (χ2v) is 7.00. The van der Waals surface area contributed by atoms with Gasteiger partial charge in [-0.1, -0.05) is 51.1 Å². The fourth-order valence-electron chi connectivity index (χ4n) is 2.10. The Morgan fingerprint density at radius 1 is 1.26 bits per heavy atom. The van der Waals surface area contributed by atoms with Gasteiger partial charge in [0.15, 0.2) is 0 Å². The Kier molecular flexibility index (Phi) is 4.43. The highest BCUT2D eigenvalue weighted by Crippen LogP contribution is 2.29. The normalized spacial score (nSPS) is 14.3. The van der Waals surface area contributed by atoms with Gasteiger partial charge in [0.2, 0.25) is 0 Å². The van der Waals surface area contributed by atoms with Crippen molar-refractivity contribution in [1.82, 2.24) is 5.32 Å². The van der Waals surface area contributed by atoms with Crippen LogP contribution in [0.4, 0.5) is 0 Å². The number of hydrogen-bond donors (Lipinski definition) is 1. The van der Waals surface area contributed by atoms with Crippen LogP contribution in [0.1, 0.15) is 39.3 Å². The summed E-state index contributed by atoms with van der Waals surface area (Å²) in [4.78, 5) is 0. The molecule has 1 aromatic heterocycles. The topological polar surface area (TPSA) is 12.0 Å². The van der Waals surface area contributed by atoms with Crippen molar-refractivity contribution in [3.63, 3.8) is 0 Å². The van der Waals surface area contributed by atoms with E-state index in [-0.39, 0.29) is 5.41 Å². The smallest absolute Gasteiger partial charge is 0.0346 e. The van der Waals surface area contributed by atoms with Crippen molar-refractivity contribution in [3.8, 4) is 0 Å². The highest BCUT2D eigenvalue weighted by molar-refractivity contribution is 7.17. The molecule has 0 radical (unpaired) electrons. The third-order valence-corrected chi connectivity index (χ3v) is 4.12. The molecule has 0 unspecified atom stereocenters. The molecule has 0 amide bonds. The highest BCUT2D eigenvalue weighted by atomic mass is 32.1. The zero-order valence-corrected chi connectivity index (χ0v) is 13.1. The number of hydrogen-bond acceptors (Lipinski definition) is 2. The zero-order valence-electron chi connectivity index (χ0n) is 12.2. The summed E-state index contributed by atoms with van der Waals surface area (Å²) in [7, 11) is 0. The standard InChI is InChI=1S/C17H23NS/c1-13(18-11-7-10-17(2,3)4)15-12-19-16-9-6-5-8-14(15)16/h5-10,12-13,18H,11H2,1-4H3/b10-7-/t13-/m1/s1. The summed E-state index contributed by atoms with van der Waals surface area (Å²) in [6.45, 7) is 9.82. The molecule has 1 atom stereocenters. The van der Waals surface area contributed by atoms with Gasteiger partial charge in [-0.15, -0.1) is 11.3 Å². The number of rotatable bonds is 4. The summed E-state index contributed by atoms with van der Waals surface area (Å²) in [5, 5.41) is 7.22. The molecular formula is C17H23NS. The monoisotopic (exact) mass is 273 g/mol. The van der Waals surface area contributed by atoms with Gasteiger partial charge in [0.1, 0.15) is 0 Å². The van der Waals surface area contributed by atoms with Crippen LogP contribution in [0, 0.1) is 5.41 Å². The minimum Gasteiger partial charge on any atom is -0.307 e. The maximum atomic E-state index is 3.57. The Morgan fingerprint density at radius 3 is 2.74 bits per heavy atom.